The third-order valence-electron chi connectivity index (χ3n) is 4.51. The summed E-state index contributed by atoms with van der Waals surface area (Å²) in [4.78, 5) is 0. The van der Waals surface area contributed by atoms with Gasteiger partial charge in [0.25, 0.3) is 0 Å². The standard InChI is InChI=1S/C22H22SSeSi/c1-2-23-22(24)18-25(19-12-6-3-7-13-19,20-14-8-4-9-15-20)21-16-10-5-11-17-21/h3-17H,2,18H2,1H3. The molecule has 0 bridgehead atoms. The van der Waals surface area contributed by atoms with Crippen LogP contribution in [0, 0.1) is 0 Å². The quantitative estimate of drug-likeness (QED) is 0.414. The molecule has 0 aliphatic rings. The Hall–Kier alpha value is -1.38. The van der Waals surface area contributed by atoms with Gasteiger partial charge in [-0.2, -0.15) is 0 Å². The van der Waals surface area contributed by atoms with Crippen molar-refractivity contribution in [3.05, 3.63) is 91.0 Å². The zero-order valence-corrected chi connectivity index (χ0v) is 17.9. The van der Waals surface area contributed by atoms with Crippen LogP contribution in [0.25, 0.3) is 0 Å². The SMILES string of the molecule is CCSC(=[Se])C[Si](c1ccccc1)(c1ccccc1)c1ccccc1. The summed E-state index contributed by atoms with van der Waals surface area (Å²) in [5.41, 5.74) is 0. The summed E-state index contributed by atoms with van der Waals surface area (Å²) in [6, 6.07) is 34.4. The first-order valence-electron chi connectivity index (χ1n) is 8.59. The number of benzene rings is 3. The van der Waals surface area contributed by atoms with Gasteiger partial charge in [-0.3, -0.25) is 0 Å². The van der Waals surface area contributed by atoms with Gasteiger partial charge in [-0.05, 0) is 0 Å². The van der Waals surface area contributed by atoms with Crippen molar-refractivity contribution < 1.29 is 0 Å². The molecule has 0 aliphatic carbocycles. The van der Waals surface area contributed by atoms with Crippen molar-refractivity contribution >= 4 is 54.7 Å². The summed E-state index contributed by atoms with van der Waals surface area (Å²) in [5.74, 6) is 1.10. The molecule has 0 fully saturated rings. The Morgan fingerprint density at radius 3 is 1.40 bits per heavy atom. The molecule has 126 valence electrons. The molecule has 25 heavy (non-hydrogen) atoms. The summed E-state index contributed by atoms with van der Waals surface area (Å²) >= 11 is 5.29. The topological polar surface area (TPSA) is 0 Å². The van der Waals surface area contributed by atoms with Crippen LogP contribution in [0.3, 0.4) is 0 Å². The van der Waals surface area contributed by atoms with Crippen molar-refractivity contribution in [1.29, 1.82) is 0 Å². The number of thioether (sulfide) groups is 1. The second-order valence-corrected chi connectivity index (χ2v) is 12.9. The van der Waals surface area contributed by atoms with Crippen LogP contribution in [0.15, 0.2) is 91.0 Å². The number of hydrogen-bond acceptors (Lipinski definition) is 1. The molecule has 0 saturated carbocycles. The predicted octanol–water partition coefficient (Wildman–Crippen LogP) is 3.21. The zero-order valence-electron chi connectivity index (χ0n) is 14.4. The van der Waals surface area contributed by atoms with Crippen molar-refractivity contribution in [3.63, 3.8) is 0 Å². The summed E-state index contributed by atoms with van der Waals surface area (Å²) in [6.45, 7) is 2.22. The second kappa shape index (κ2) is 8.82. The van der Waals surface area contributed by atoms with Gasteiger partial charge in [0.2, 0.25) is 0 Å². The van der Waals surface area contributed by atoms with Gasteiger partial charge < -0.3 is 0 Å². The normalized spacial score (nSPS) is 11.2. The third kappa shape index (κ3) is 4.07. The minimum atomic E-state index is -2.11. The van der Waals surface area contributed by atoms with E-state index in [0.29, 0.717) is 0 Å². The average molecular weight is 426 g/mol. The summed E-state index contributed by atoms with van der Waals surface area (Å²) in [5, 5.41) is 4.41. The Balaban J connectivity index is 2.26. The van der Waals surface area contributed by atoms with Crippen LogP contribution in [-0.4, -0.2) is 33.2 Å². The van der Waals surface area contributed by atoms with Crippen molar-refractivity contribution in [1.82, 2.24) is 0 Å². The van der Waals surface area contributed by atoms with Gasteiger partial charge in [0.05, 0.1) is 0 Å². The van der Waals surface area contributed by atoms with E-state index in [1.807, 2.05) is 11.8 Å². The summed E-state index contributed by atoms with van der Waals surface area (Å²) in [7, 11) is -2.11. The Morgan fingerprint density at radius 2 is 1.08 bits per heavy atom. The van der Waals surface area contributed by atoms with Gasteiger partial charge in [0.1, 0.15) is 0 Å². The molecule has 3 aromatic carbocycles. The van der Waals surface area contributed by atoms with Crippen LogP contribution in [0.5, 0.6) is 0 Å². The first kappa shape index (κ1) is 18.4. The van der Waals surface area contributed by atoms with Crippen molar-refractivity contribution in [3.8, 4) is 0 Å². The van der Waals surface area contributed by atoms with E-state index in [4.69, 9.17) is 0 Å². The molecular formula is C22H22SSeSi. The third-order valence-corrected chi connectivity index (χ3v) is 12.0. The van der Waals surface area contributed by atoms with Crippen LogP contribution in [0.2, 0.25) is 6.04 Å². The minimum absolute atomic E-state index is 1.09. The van der Waals surface area contributed by atoms with Gasteiger partial charge in [-0.1, -0.05) is 0 Å². The van der Waals surface area contributed by atoms with E-state index in [-0.39, 0.29) is 0 Å². The first-order valence-corrected chi connectivity index (χ1v) is 12.6. The number of hydrogen-bond donors (Lipinski definition) is 0. The molecule has 0 aromatic heterocycles. The van der Waals surface area contributed by atoms with E-state index < -0.39 is 8.07 Å². The van der Waals surface area contributed by atoms with E-state index in [0.717, 1.165) is 11.8 Å². The summed E-state index contributed by atoms with van der Waals surface area (Å²) < 4.78 is 1.41. The second-order valence-electron chi connectivity index (χ2n) is 5.99. The zero-order chi connectivity index (χ0) is 17.5. The van der Waals surface area contributed by atoms with Crippen molar-refractivity contribution in [2.45, 2.75) is 13.0 Å². The molecular weight excluding hydrogens is 403 g/mol. The Bertz CT molecular complexity index is 707. The van der Waals surface area contributed by atoms with Crippen LogP contribution < -0.4 is 15.6 Å². The Morgan fingerprint density at radius 1 is 0.720 bits per heavy atom. The maximum atomic E-state index is 3.36. The molecule has 3 rings (SSSR count). The molecule has 0 spiro atoms. The fraction of sp³-hybridized carbons (Fsp3) is 0.136. The van der Waals surface area contributed by atoms with Crippen LogP contribution in [0.1, 0.15) is 6.92 Å². The monoisotopic (exact) mass is 426 g/mol. The first-order chi connectivity index (χ1) is 12.3. The van der Waals surface area contributed by atoms with Crippen molar-refractivity contribution in [2.24, 2.45) is 0 Å². The van der Waals surface area contributed by atoms with Crippen LogP contribution in [0.4, 0.5) is 0 Å². The van der Waals surface area contributed by atoms with E-state index >= 15 is 0 Å². The van der Waals surface area contributed by atoms with Crippen LogP contribution >= 0.6 is 11.8 Å². The predicted molar refractivity (Wildman–Crippen MR) is 118 cm³/mol. The van der Waals surface area contributed by atoms with Gasteiger partial charge in [0.15, 0.2) is 0 Å². The average Bonchev–Trinajstić information content (AvgIpc) is 2.68. The molecule has 0 amide bonds. The molecule has 3 heteroatoms. The van der Waals surface area contributed by atoms with E-state index in [2.05, 4.69) is 113 Å². The molecule has 0 unspecified atom stereocenters. The fourth-order valence-electron chi connectivity index (χ4n) is 3.40. The molecule has 0 radical (unpaired) electrons. The molecule has 0 heterocycles. The van der Waals surface area contributed by atoms with E-state index in [1.54, 1.807) is 0 Å². The fourth-order valence-corrected chi connectivity index (χ4v) is 11.2. The Labute approximate surface area is 164 Å². The van der Waals surface area contributed by atoms with Gasteiger partial charge >= 0.3 is 164 Å². The van der Waals surface area contributed by atoms with Crippen molar-refractivity contribution in [2.75, 3.05) is 5.75 Å². The molecule has 0 nitrogen and oxygen atoms in total. The number of rotatable bonds is 7. The van der Waals surface area contributed by atoms with Gasteiger partial charge in [-0.25, -0.2) is 0 Å². The molecule has 3 aromatic rings. The molecule has 0 atom stereocenters. The van der Waals surface area contributed by atoms with Gasteiger partial charge in [-0.15, -0.1) is 0 Å². The van der Waals surface area contributed by atoms with E-state index in [1.165, 1.54) is 19.3 Å². The van der Waals surface area contributed by atoms with E-state index in [9.17, 15) is 0 Å². The van der Waals surface area contributed by atoms with Crippen LogP contribution in [-0.2, 0) is 0 Å². The molecule has 0 aliphatic heterocycles. The molecule has 0 N–H and O–H groups in total. The summed E-state index contributed by atoms with van der Waals surface area (Å²) in [6.07, 6.45) is 0. The van der Waals surface area contributed by atoms with Gasteiger partial charge in [0, 0.05) is 0 Å². The molecule has 0 saturated heterocycles. The Kier molecular flexibility index (Phi) is 6.49. The maximum absolute atomic E-state index is 3.36.